The molecule has 0 aliphatic carbocycles. The molecule has 7 heteroatoms. The number of rotatable bonds is 3. The number of aromatic nitrogens is 2. The largest absolute Gasteiger partial charge is 0.323 e. The fraction of sp³-hybridized carbons (Fsp3) is 0.267. The summed E-state index contributed by atoms with van der Waals surface area (Å²) in [5.74, 6) is -0.269. The van der Waals surface area contributed by atoms with E-state index in [4.69, 9.17) is 0 Å². The van der Waals surface area contributed by atoms with Gasteiger partial charge in [0.2, 0.25) is 5.91 Å². The van der Waals surface area contributed by atoms with Crippen molar-refractivity contribution < 1.29 is 9.59 Å². The highest BCUT2D eigenvalue weighted by Crippen LogP contribution is 2.42. The van der Waals surface area contributed by atoms with Gasteiger partial charge in [-0.25, -0.2) is 0 Å². The molecule has 2 amide bonds. The summed E-state index contributed by atoms with van der Waals surface area (Å²) in [6.45, 7) is 4.30. The zero-order valence-electron chi connectivity index (χ0n) is 12.3. The molecule has 0 fully saturated rings. The number of nitrogens with zero attached hydrogens (tertiary/aromatic N) is 2. The Bertz CT molecular complexity index is 743. The number of nitrogens with one attached hydrogen (secondary N) is 2. The van der Waals surface area contributed by atoms with Crippen molar-refractivity contribution in [2.45, 2.75) is 30.0 Å². The van der Waals surface area contributed by atoms with Crippen LogP contribution < -0.4 is 10.6 Å². The van der Waals surface area contributed by atoms with E-state index in [1.807, 2.05) is 31.2 Å². The molecule has 2 heterocycles. The summed E-state index contributed by atoms with van der Waals surface area (Å²) >= 11 is 1.25. The highest BCUT2D eigenvalue weighted by molar-refractivity contribution is 8.02. The van der Waals surface area contributed by atoms with Gasteiger partial charge >= 0.3 is 0 Å². The molecule has 114 valence electrons. The normalized spacial score (nSPS) is 20.2. The predicted octanol–water partition coefficient (Wildman–Crippen LogP) is 2.34. The zero-order chi connectivity index (χ0) is 15.7. The summed E-state index contributed by atoms with van der Waals surface area (Å²) < 4.78 is 0.478. The lowest BCUT2D eigenvalue weighted by Crippen LogP contribution is -2.49. The molecule has 6 nitrogen and oxygen atoms in total. The van der Waals surface area contributed by atoms with Crippen molar-refractivity contribution in [3.63, 3.8) is 0 Å². The van der Waals surface area contributed by atoms with Gasteiger partial charge in [-0.2, -0.15) is 5.10 Å². The third-order valence-electron chi connectivity index (χ3n) is 3.52. The van der Waals surface area contributed by atoms with Gasteiger partial charge in [0.25, 0.3) is 5.91 Å². The molecule has 1 atom stereocenters. The van der Waals surface area contributed by atoms with Crippen LogP contribution in [0.15, 0.2) is 41.4 Å². The number of benzene rings is 1. The monoisotopic (exact) mass is 316 g/mol. The molecule has 1 aliphatic rings. The maximum Gasteiger partial charge on any atom is 0.251 e. The lowest BCUT2D eigenvalue weighted by atomic mass is 10.1. The van der Waals surface area contributed by atoms with Crippen molar-refractivity contribution in [2.75, 3.05) is 10.6 Å². The number of thioether (sulfide) groups is 1. The first-order valence-electron chi connectivity index (χ1n) is 6.97. The van der Waals surface area contributed by atoms with Gasteiger partial charge in [0.15, 0.2) is 10.6 Å². The number of para-hydroxylation sites is 1. The van der Waals surface area contributed by atoms with Gasteiger partial charge < -0.3 is 10.6 Å². The van der Waals surface area contributed by atoms with E-state index in [9.17, 15) is 9.59 Å². The SMILES string of the molecule is CCn1ccc(NC(=O)C2(C)Sc3ccccc3NC2=O)n1. The molecule has 2 N–H and O–H groups in total. The van der Waals surface area contributed by atoms with E-state index < -0.39 is 4.75 Å². The molecule has 22 heavy (non-hydrogen) atoms. The van der Waals surface area contributed by atoms with Crippen LogP contribution in [-0.4, -0.2) is 26.3 Å². The Kier molecular flexibility index (Phi) is 3.66. The topological polar surface area (TPSA) is 76.0 Å². The van der Waals surface area contributed by atoms with Gasteiger partial charge in [-0.1, -0.05) is 23.9 Å². The van der Waals surface area contributed by atoms with Crippen molar-refractivity contribution in [1.82, 2.24) is 9.78 Å². The first-order chi connectivity index (χ1) is 10.5. The summed E-state index contributed by atoms with van der Waals surface area (Å²) in [7, 11) is 0. The molecular formula is C15H16N4O2S. The van der Waals surface area contributed by atoms with E-state index >= 15 is 0 Å². The molecule has 0 saturated heterocycles. The summed E-state index contributed by atoms with van der Waals surface area (Å²) in [4.78, 5) is 25.8. The number of amides is 2. The Labute approximate surface area is 132 Å². The minimum atomic E-state index is -1.23. The summed E-state index contributed by atoms with van der Waals surface area (Å²) in [5.41, 5.74) is 0.734. The standard InChI is InChI=1S/C15H16N4O2S/c1-3-19-9-8-12(18-19)17-14(21)15(2)13(20)16-10-6-4-5-7-11(10)22-15/h4-9H,3H2,1-2H3,(H,16,20)(H,17,18,21). The number of carbonyl (C=O) groups is 2. The van der Waals surface area contributed by atoms with Crippen molar-refractivity contribution in [3.05, 3.63) is 36.5 Å². The van der Waals surface area contributed by atoms with E-state index in [0.29, 0.717) is 5.82 Å². The van der Waals surface area contributed by atoms with Crippen molar-refractivity contribution >= 4 is 35.1 Å². The van der Waals surface area contributed by atoms with Gasteiger partial charge in [0.05, 0.1) is 5.69 Å². The fourth-order valence-electron chi connectivity index (χ4n) is 2.16. The maximum absolute atomic E-state index is 12.6. The number of hydrogen-bond acceptors (Lipinski definition) is 4. The van der Waals surface area contributed by atoms with Crippen LogP contribution in [0, 0.1) is 0 Å². The summed E-state index contributed by atoms with van der Waals surface area (Å²) in [5, 5.41) is 9.71. The molecule has 1 aromatic heterocycles. The average Bonchev–Trinajstić information content (AvgIpc) is 2.96. The number of hydrogen-bond donors (Lipinski definition) is 2. The molecule has 0 spiro atoms. The summed E-state index contributed by atoms with van der Waals surface area (Å²) in [6, 6.07) is 9.14. The minimum absolute atomic E-state index is 0.330. The zero-order valence-corrected chi connectivity index (χ0v) is 13.1. The Hall–Kier alpha value is -2.28. The third kappa shape index (κ3) is 2.48. The van der Waals surface area contributed by atoms with Crippen molar-refractivity contribution in [2.24, 2.45) is 0 Å². The maximum atomic E-state index is 12.6. The van der Waals surface area contributed by atoms with Gasteiger partial charge in [-0.05, 0) is 26.0 Å². The number of anilines is 2. The van der Waals surface area contributed by atoms with Crippen LogP contribution in [0.2, 0.25) is 0 Å². The van der Waals surface area contributed by atoms with Crippen LogP contribution in [0.3, 0.4) is 0 Å². The molecule has 1 aromatic carbocycles. The second-order valence-corrected chi connectivity index (χ2v) is 6.56. The van der Waals surface area contributed by atoms with E-state index in [0.717, 1.165) is 17.1 Å². The molecule has 1 unspecified atom stereocenters. The fourth-order valence-corrected chi connectivity index (χ4v) is 3.26. The van der Waals surface area contributed by atoms with Crippen LogP contribution in [0.5, 0.6) is 0 Å². The summed E-state index contributed by atoms with van der Waals surface area (Å²) in [6.07, 6.45) is 1.78. The lowest BCUT2D eigenvalue weighted by molar-refractivity contribution is -0.126. The number of fused-ring (bicyclic) bond motifs is 1. The number of aryl methyl sites for hydroxylation is 1. The van der Waals surface area contributed by atoms with Gasteiger partial charge in [0.1, 0.15) is 0 Å². The molecule has 0 radical (unpaired) electrons. The second-order valence-electron chi connectivity index (χ2n) is 5.10. The Morgan fingerprint density at radius 3 is 2.91 bits per heavy atom. The van der Waals surface area contributed by atoms with E-state index in [1.54, 1.807) is 23.9 Å². The van der Waals surface area contributed by atoms with Crippen LogP contribution in [-0.2, 0) is 16.1 Å². The van der Waals surface area contributed by atoms with E-state index in [-0.39, 0.29) is 11.8 Å². The van der Waals surface area contributed by atoms with Gasteiger partial charge in [-0.15, -0.1) is 0 Å². The predicted molar refractivity (Wildman–Crippen MR) is 85.9 cm³/mol. The van der Waals surface area contributed by atoms with Crippen molar-refractivity contribution in [1.29, 1.82) is 0 Å². The second kappa shape index (κ2) is 5.49. The van der Waals surface area contributed by atoms with E-state index in [2.05, 4.69) is 15.7 Å². The molecular weight excluding hydrogens is 300 g/mol. The van der Waals surface area contributed by atoms with Crippen molar-refractivity contribution in [3.8, 4) is 0 Å². The molecule has 1 aliphatic heterocycles. The minimum Gasteiger partial charge on any atom is -0.323 e. The Balaban J connectivity index is 1.83. The molecule has 2 aromatic rings. The van der Waals surface area contributed by atoms with Gasteiger partial charge in [0, 0.05) is 23.7 Å². The molecule has 0 bridgehead atoms. The average molecular weight is 316 g/mol. The first kappa shape index (κ1) is 14.6. The highest BCUT2D eigenvalue weighted by atomic mass is 32.2. The van der Waals surface area contributed by atoms with E-state index in [1.165, 1.54) is 11.8 Å². The van der Waals surface area contributed by atoms with Crippen LogP contribution in [0.4, 0.5) is 11.5 Å². The molecule has 3 rings (SSSR count). The molecule has 0 saturated carbocycles. The van der Waals surface area contributed by atoms with Crippen LogP contribution in [0.25, 0.3) is 0 Å². The lowest BCUT2D eigenvalue weighted by Gasteiger charge is -2.31. The first-order valence-corrected chi connectivity index (χ1v) is 7.79. The van der Waals surface area contributed by atoms with Crippen LogP contribution in [0.1, 0.15) is 13.8 Å². The third-order valence-corrected chi connectivity index (χ3v) is 4.88. The Morgan fingerprint density at radius 2 is 2.18 bits per heavy atom. The van der Waals surface area contributed by atoms with Gasteiger partial charge in [-0.3, -0.25) is 14.3 Å². The quantitative estimate of drug-likeness (QED) is 0.852. The number of carbonyl (C=O) groups excluding carboxylic acids is 2. The Morgan fingerprint density at radius 1 is 1.41 bits per heavy atom. The highest BCUT2D eigenvalue weighted by Gasteiger charge is 2.46. The smallest absolute Gasteiger partial charge is 0.251 e. The van der Waals surface area contributed by atoms with Crippen LogP contribution >= 0.6 is 11.8 Å².